The molecule has 0 saturated carbocycles. The van der Waals surface area contributed by atoms with Gasteiger partial charge in [-0.1, -0.05) is 17.3 Å². The lowest BCUT2D eigenvalue weighted by Gasteiger charge is -2.30. The first-order valence-electron chi connectivity index (χ1n) is 8.08. The van der Waals surface area contributed by atoms with E-state index >= 15 is 0 Å². The SMILES string of the molecule is CN(C)c1ccc(CNC(=O)C2=NOC3(CCCNC3)C2)cc1. The van der Waals surface area contributed by atoms with Crippen molar-refractivity contribution in [3.05, 3.63) is 29.8 Å². The third-order valence-corrected chi connectivity index (χ3v) is 4.44. The molecular weight excluding hydrogens is 292 g/mol. The van der Waals surface area contributed by atoms with Crippen LogP contribution in [0.1, 0.15) is 24.8 Å². The van der Waals surface area contributed by atoms with E-state index in [4.69, 9.17) is 4.84 Å². The molecule has 1 saturated heterocycles. The maximum Gasteiger partial charge on any atom is 0.269 e. The standard InChI is InChI=1S/C17H24N4O2/c1-21(2)14-6-4-13(5-7-14)11-19-16(22)15-10-17(23-20-15)8-3-9-18-12-17/h4-7,18H,3,8-12H2,1-2H3,(H,19,22). The van der Waals surface area contributed by atoms with Crippen LogP contribution in [0.15, 0.2) is 29.4 Å². The van der Waals surface area contributed by atoms with Crippen molar-refractivity contribution >= 4 is 17.3 Å². The largest absolute Gasteiger partial charge is 0.387 e. The molecule has 2 N–H and O–H groups in total. The van der Waals surface area contributed by atoms with E-state index in [1.54, 1.807) is 0 Å². The van der Waals surface area contributed by atoms with E-state index in [-0.39, 0.29) is 11.5 Å². The Morgan fingerprint density at radius 2 is 2.17 bits per heavy atom. The third kappa shape index (κ3) is 3.64. The fraction of sp³-hybridized carbons (Fsp3) is 0.529. The Morgan fingerprint density at radius 3 is 2.83 bits per heavy atom. The molecule has 1 atom stereocenters. The molecule has 2 aliphatic rings. The fourth-order valence-corrected chi connectivity index (χ4v) is 3.01. The van der Waals surface area contributed by atoms with Crippen molar-refractivity contribution in [1.82, 2.24) is 10.6 Å². The average molecular weight is 316 g/mol. The van der Waals surface area contributed by atoms with Crippen molar-refractivity contribution in [2.45, 2.75) is 31.4 Å². The summed E-state index contributed by atoms with van der Waals surface area (Å²) in [6, 6.07) is 8.13. The Kier molecular flexibility index (Phi) is 4.52. The lowest BCUT2D eigenvalue weighted by molar-refractivity contribution is -0.115. The second-order valence-corrected chi connectivity index (χ2v) is 6.51. The van der Waals surface area contributed by atoms with Gasteiger partial charge in [-0.3, -0.25) is 4.79 Å². The molecule has 6 nitrogen and oxygen atoms in total. The van der Waals surface area contributed by atoms with Crippen LogP contribution in [0.2, 0.25) is 0 Å². The van der Waals surface area contributed by atoms with Crippen molar-refractivity contribution in [3.8, 4) is 0 Å². The first kappa shape index (κ1) is 15.8. The molecule has 1 spiro atoms. The monoisotopic (exact) mass is 316 g/mol. The number of carbonyl (C=O) groups is 1. The summed E-state index contributed by atoms with van der Waals surface area (Å²) < 4.78 is 0. The lowest BCUT2D eigenvalue weighted by Crippen LogP contribution is -2.46. The zero-order chi connectivity index (χ0) is 16.3. The van der Waals surface area contributed by atoms with Gasteiger partial charge in [0.05, 0.1) is 0 Å². The van der Waals surface area contributed by atoms with Crippen LogP contribution in [-0.2, 0) is 16.2 Å². The highest BCUT2D eigenvalue weighted by molar-refractivity contribution is 6.39. The van der Waals surface area contributed by atoms with E-state index in [9.17, 15) is 4.79 Å². The maximum atomic E-state index is 12.3. The van der Waals surface area contributed by atoms with Crippen LogP contribution >= 0.6 is 0 Å². The predicted octanol–water partition coefficient (Wildman–Crippen LogP) is 1.27. The van der Waals surface area contributed by atoms with E-state index in [0.717, 1.165) is 37.2 Å². The van der Waals surface area contributed by atoms with Gasteiger partial charge in [-0.05, 0) is 37.1 Å². The van der Waals surface area contributed by atoms with Gasteiger partial charge in [-0.15, -0.1) is 0 Å². The highest BCUT2D eigenvalue weighted by atomic mass is 16.7. The maximum absolute atomic E-state index is 12.3. The molecule has 23 heavy (non-hydrogen) atoms. The number of hydrogen-bond acceptors (Lipinski definition) is 5. The van der Waals surface area contributed by atoms with E-state index in [2.05, 4.69) is 15.8 Å². The molecule has 0 aliphatic carbocycles. The average Bonchev–Trinajstić information content (AvgIpc) is 2.97. The summed E-state index contributed by atoms with van der Waals surface area (Å²) in [6.07, 6.45) is 2.60. The molecule has 2 aliphatic heterocycles. The smallest absolute Gasteiger partial charge is 0.269 e. The number of oxime groups is 1. The number of anilines is 1. The van der Waals surface area contributed by atoms with Crippen LogP contribution in [0.4, 0.5) is 5.69 Å². The number of piperidine rings is 1. The number of benzene rings is 1. The van der Waals surface area contributed by atoms with Gasteiger partial charge in [-0.25, -0.2) is 0 Å². The van der Waals surface area contributed by atoms with Gasteiger partial charge in [0, 0.05) is 39.3 Å². The number of carbonyl (C=O) groups excluding carboxylic acids is 1. The summed E-state index contributed by atoms with van der Waals surface area (Å²) in [5.74, 6) is -0.135. The normalized spacial score (nSPS) is 23.3. The van der Waals surface area contributed by atoms with Gasteiger partial charge in [0.2, 0.25) is 0 Å². The van der Waals surface area contributed by atoms with Crippen LogP contribution in [0.25, 0.3) is 0 Å². The zero-order valence-electron chi connectivity index (χ0n) is 13.8. The molecule has 1 aromatic carbocycles. The Hall–Kier alpha value is -2.08. The van der Waals surface area contributed by atoms with E-state index in [1.165, 1.54) is 0 Å². The zero-order valence-corrected chi connectivity index (χ0v) is 13.8. The topological polar surface area (TPSA) is 66.0 Å². The molecule has 0 radical (unpaired) electrons. The molecule has 0 aromatic heterocycles. The highest BCUT2D eigenvalue weighted by Crippen LogP contribution is 2.30. The molecule has 1 amide bonds. The molecule has 1 unspecified atom stereocenters. The van der Waals surface area contributed by atoms with Crippen molar-refractivity contribution in [2.75, 3.05) is 32.1 Å². The van der Waals surface area contributed by atoms with Crippen LogP contribution in [0.3, 0.4) is 0 Å². The van der Waals surface area contributed by atoms with E-state index < -0.39 is 0 Å². The Bertz CT molecular complexity index is 589. The van der Waals surface area contributed by atoms with Crippen LogP contribution in [0.5, 0.6) is 0 Å². The Balaban J connectivity index is 1.52. The van der Waals surface area contributed by atoms with Crippen LogP contribution in [0, 0.1) is 0 Å². The number of rotatable bonds is 4. The van der Waals surface area contributed by atoms with Gasteiger partial charge in [-0.2, -0.15) is 0 Å². The second kappa shape index (κ2) is 6.58. The molecule has 6 heteroatoms. The summed E-state index contributed by atoms with van der Waals surface area (Å²) >= 11 is 0. The van der Waals surface area contributed by atoms with Gasteiger partial charge in [0.25, 0.3) is 5.91 Å². The van der Waals surface area contributed by atoms with Crippen LogP contribution < -0.4 is 15.5 Å². The summed E-state index contributed by atoms with van der Waals surface area (Å²) in [5.41, 5.74) is 2.40. The summed E-state index contributed by atoms with van der Waals surface area (Å²) in [4.78, 5) is 19.9. The number of hydrogen-bond donors (Lipinski definition) is 2. The quantitative estimate of drug-likeness (QED) is 0.878. The van der Waals surface area contributed by atoms with Gasteiger partial charge in [0.15, 0.2) is 5.60 Å². The lowest BCUT2D eigenvalue weighted by atomic mass is 9.89. The third-order valence-electron chi connectivity index (χ3n) is 4.44. The van der Waals surface area contributed by atoms with Crippen molar-refractivity contribution in [1.29, 1.82) is 0 Å². The summed E-state index contributed by atoms with van der Waals surface area (Å²) in [7, 11) is 4.01. The molecule has 124 valence electrons. The van der Waals surface area contributed by atoms with Gasteiger partial charge in [0.1, 0.15) is 5.71 Å². The minimum absolute atomic E-state index is 0.135. The molecule has 2 heterocycles. The molecule has 3 rings (SSSR count). The van der Waals surface area contributed by atoms with Gasteiger partial charge < -0.3 is 20.4 Å². The first-order chi connectivity index (χ1) is 11.1. The first-order valence-corrected chi connectivity index (χ1v) is 8.08. The number of amides is 1. The molecule has 1 aromatic rings. The predicted molar refractivity (Wildman–Crippen MR) is 90.6 cm³/mol. The van der Waals surface area contributed by atoms with E-state index in [0.29, 0.717) is 18.7 Å². The van der Waals surface area contributed by atoms with Crippen molar-refractivity contribution < 1.29 is 9.63 Å². The number of nitrogens with zero attached hydrogens (tertiary/aromatic N) is 2. The van der Waals surface area contributed by atoms with Crippen LogP contribution in [-0.4, -0.2) is 44.4 Å². The van der Waals surface area contributed by atoms with Gasteiger partial charge >= 0.3 is 0 Å². The Labute approximate surface area is 136 Å². The summed E-state index contributed by atoms with van der Waals surface area (Å²) in [6.45, 7) is 2.27. The minimum Gasteiger partial charge on any atom is -0.387 e. The number of nitrogens with one attached hydrogen (secondary N) is 2. The molecule has 1 fully saturated rings. The Morgan fingerprint density at radius 1 is 1.39 bits per heavy atom. The van der Waals surface area contributed by atoms with Crippen molar-refractivity contribution in [3.63, 3.8) is 0 Å². The second-order valence-electron chi connectivity index (χ2n) is 6.51. The van der Waals surface area contributed by atoms with E-state index in [1.807, 2.05) is 43.3 Å². The molecule has 0 bridgehead atoms. The fourth-order valence-electron chi connectivity index (χ4n) is 3.01. The highest BCUT2D eigenvalue weighted by Gasteiger charge is 2.42. The minimum atomic E-state index is -0.307. The van der Waals surface area contributed by atoms with Crippen molar-refractivity contribution in [2.24, 2.45) is 5.16 Å². The summed E-state index contributed by atoms with van der Waals surface area (Å²) in [5, 5.41) is 10.3. The molecular formula is C17H24N4O2.